The first-order valence-corrected chi connectivity index (χ1v) is 10.5. The molecule has 0 fully saturated rings. The Bertz CT molecular complexity index is 1010. The molecule has 0 saturated carbocycles. The van der Waals surface area contributed by atoms with Crippen molar-refractivity contribution < 1.29 is 4.79 Å². The van der Waals surface area contributed by atoms with E-state index >= 15 is 0 Å². The van der Waals surface area contributed by atoms with Gasteiger partial charge in [-0.1, -0.05) is 36.0 Å². The van der Waals surface area contributed by atoms with E-state index in [1.54, 1.807) is 30.1 Å². The van der Waals surface area contributed by atoms with E-state index in [9.17, 15) is 4.79 Å². The Balaban J connectivity index is 1.53. The molecule has 0 bridgehead atoms. The van der Waals surface area contributed by atoms with Crippen LogP contribution in [0.2, 0.25) is 0 Å². The number of anilines is 1. The van der Waals surface area contributed by atoms with Crippen molar-refractivity contribution >= 4 is 29.6 Å². The molecular weight excluding hydrogens is 394 g/mol. The Kier molecular flexibility index (Phi) is 7.19. The van der Waals surface area contributed by atoms with Crippen molar-refractivity contribution in [1.82, 2.24) is 15.4 Å². The Morgan fingerprint density at radius 2 is 1.67 bits per heavy atom. The zero-order chi connectivity index (χ0) is 21.5. The number of hydrogen-bond donors (Lipinski definition) is 1. The molecule has 2 aromatic carbocycles. The maximum absolute atomic E-state index is 12.3. The molecular formula is C23H25N5OS. The molecule has 1 heterocycles. The van der Waals surface area contributed by atoms with Gasteiger partial charge in [0.1, 0.15) is 0 Å². The van der Waals surface area contributed by atoms with Gasteiger partial charge in [-0.15, -0.1) is 0 Å². The number of rotatable bonds is 7. The van der Waals surface area contributed by atoms with Gasteiger partial charge in [0.15, 0.2) is 5.16 Å². The molecule has 0 atom stereocenters. The highest BCUT2D eigenvalue weighted by atomic mass is 32.2. The van der Waals surface area contributed by atoms with Crippen LogP contribution in [0.15, 0.2) is 64.9 Å². The number of thioether (sulfide) groups is 1. The fourth-order valence-corrected chi connectivity index (χ4v) is 3.65. The van der Waals surface area contributed by atoms with Crippen LogP contribution in [-0.2, 0) is 5.75 Å². The topological polar surface area (TPSA) is 70.5 Å². The van der Waals surface area contributed by atoms with Crippen molar-refractivity contribution in [2.45, 2.75) is 24.8 Å². The van der Waals surface area contributed by atoms with Crippen LogP contribution in [0.5, 0.6) is 0 Å². The molecule has 3 aromatic rings. The third-order valence-electron chi connectivity index (χ3n) is 4.34. The largest absolute Gasteiger partial charge is 0.378 e. The lowest BCUT2D eigenvalue weighted by molar-refractivity contribution is 0.0955. The SMILES string of the molecule is Cc1cc(C)nc(SCc2ccc(C(=O)NN=Cc3ccc(N(C)C)cc3)cc2)n1. The fourth-order valence-electron chi connectivity index (χ4n) is 2.75. The number of hydrazone groups is 1. The van der Waals surface area contributed by atoms with E-state index in [-0.39, 0.29) is 5.91 Å². The van der Waals surface area contributed by atoms with E-state index in [0.29, 0.717) is 5.56 Å². The molecule has 0 spiro atoms. The summed E-state index contributed by atoms with van der Waals surface area (Å²) in [6.45, 7) is 3.93. The van der Waals surface area contributed by atoms with E-state index < -0.39 is 0 Å². The molecule has 0 aliphatic rings. The van der Waals surface area contributed by atoms with Crippen LogP contribution in [0.3, 0.4) is 0 Å². The fraction of sp³-hybridized carbons (Fsp3) is 0.217. The Morgan fingerprint density at radius 3 is 2.27 bits per heavy atom. The van der Waals surface area contributed by atoms with E-state index in [2.05, 4.69) is 20.5 Å². The standard InChI is InChI=1S/C23H25N5OS/c1-16-13-17(2)26-23(25-16)30-15-19-5-9-20(10-6-19)22(29)27-24-14-18-7-11-21(12-8-18)28(3)4/h5-14H,15H2,1-4H3,(H,27,29). The average molecular weight is 420 g/mol. The molecule has 0 unspecified atom stereocenters. The maximum Gasteiger partial charge on any atom is 0.271 e. The summed E-state index contributed by atoms with van der Waals surface area (Å²) in [5.41, 5.74) is 8.19. The van der Waals surface area contributed by atoms with Crippen LogP contribution in [0, 0.1) is 13.8 Å². The predicted molar refractivity (Wildman–Crippen MR) is 123 cm³/mol. The van der Waals surface area contributed by atoms with E-state index in [1.807, 2.05) is 75.3 Å². The van der Waals surface area contributed by atoms with Gasteiger partial charge in [0.25, 0.3) is 5.91 Å². The third kappa shape index (κ3) is 6.15. The first-order valence-electron chi connectivity index (χ1n) is 9.55. The molecule has 1 N–H and O–H groups in total. The summed E-state index contributed by atoms with van der Waals surface area (Å²) in [6.07, 6.45) is 1.63. The molecule has 6 nitrogen and oxygen atoms in total. The van der Waals surface area contributed by atoms with E-state index in [0.717, 1.165) is 39.1 Å². The van der Waals surface area contributed by atoms with Gasteiger partial charge in [-0.2, -0.15) is 5.10 Å². The van der Waals surface area contributed by atoms with Gasteiger partial charge in [0.05, 0.1) is 6.21 Å². The number of carbonyl (C=O) groups excluding carboxylic acids is 1. The summed E-state index contributed by atoms with van der Waals surface area (Å²) in [7, 11) is 3.98. The van der Waals surface area contributed by atoms with Gasteiger partial charge in [-0.25, -0.2) is 15.4 Å². The van der Waals surface area contributed by atoms with Gasteiger partial charge < -0.3 is 4.90 Å². The summed E-state index contributed by atoms with van der Waals surface area (Å²) in [5.74, 6) is 0.499. The monoisotopic (exact) mass is 419 g/mol. The number of carbonyl (C=O) groups is 1. The Hall–Kier alpha value is -3.19. The quantitative estimate of drug-likeness (QED) is 0.269. The summed E-state index contributed by atoms with van der Waals surface area (Å²) in [4.78, 5) is 23.2. The highest BCUT2D eigenvalue weighted by Gasteiger charge is 2.06. The second-order valence-electron chi connectivity index (χ2n) is 7.10. The minimum atomic E-state index is -0.243. The minimum Gasteiger partial charge on any atom is -0.378 e. The summed E-state index contributed by atoms with van der Waals surface area (Å²) in [5, 5.41) is 4.81. The molecule has 7 heteroatoms. The number of hydrogen-bond acceptors (Lipinski definition) is 6. The molecule has 0 aliphatic heterocycles. The molecule has 1 amide bonds. The molecule has 154 valence electrons. The average Bonchev–Trinajstić information content (AvgIpc) is 2.72. The predicted octanol–water partition coefficient (Wildman–Crippen LogP) is 4.22. The van der Waals surface area contributed by atoms with Crippen molar-refractivity contribution in [2.24, 2.45) is 5.10 Å². The van der Waals surface area contributed by atoms with Crippen LogP contribution in [-0.4, -0.2) is 36.2 Å². The second-order valence-corrected chi connectivity index (χ2v) is 8.05. The number of aryl methyl sites for hydroxylation is 2. The normalized spacial score (nSPS) is 10.9. The van der Waals surface area contributed by atoms with Gasteiger partial charge in [0.2, 0.25) is 0 Å². The number of benzene rings is 2. The van der Waals surface area contributed by atoms with Crippen molar-refractivity contribution in [2.75, 3.05) is 19.0 Å². The molecule has 1 aromatic heterocycles. The smallest absolute Gasteiger partial charge is 0.271 e. The van der Waals surface area contributed by atoms with Crippen LogP contribution in [0.25, 0.3) is 0 Å². The van der Waals surface area contributed by atoms with Crippen LogP contribution in [0.4, 0.5) is 5.69 Å². The van der Waals surface area contributed by atoms with Crippen LogP contribution in [0.1, 0.15) is 32.9 Å². The lowest BCUT2D eigenvalue weighted by atomic mass is 10.1. The summed E-state index contributed by atoms with van der Waals surface area (Å²) < 4.78 is 0. The molecule has 3 rings (SSSR count). The minimum absolute atomic E-state index is 0.243. The van der Waals surface area contributed by atoms with Crippen molar-refractivity contribution in [3.05, 3.63) is 82.7 Å². The van der Waals surface area contributed by atoms with Gasteiger partial charge in [-0.05, 0) is 55.3 Å². The van der Waals surface area contributed by atoms with Gasteiger partial charge >= 0.3 is 0 Å². The highest BCUT2D eigenvalue weighted by molar-refractivity contribution is 7.98. The molecule has 0 radical (unpaired) electrons. The van der Waals surface area contributed by atoms with Crippen molar-refractivity contribution in [3.8, 4) is 0 Å². The first kappa shape index (κ1) is 21.5. The van der Waals surface area contributed by atoms with E-state index in [1.165, 1.54) is 0 Å². The summed E-state index contributed by atoms with van der Waals surface area (Å²) >= 11 is 1.58. The number of nitrogens with one attached hydrogen (secondary N) is 1. The Labute approximate surface area is 181 Å². The number of aromatic nitrogens is 2. The van der Waals surface area contributed by atoms with Gasteiger partial charge in [-0.3, -0.25) is 4.79 Å². The first-order chi connectivity index (χ1) is 14.4. The maximum atomic E-state index is 12.3. The van der Waals surface area contributed by atoms with Crippen LogP contribution < -0.4 is 10.3 Å². The second kappa shape index (κ2) is 10.0. The summed E-state index contributed by atoms with van der Waals surface area (Å²) in [6, 6.07) is 17.4. The van der Waals surface area contributed by atoms with Crippen LogP contribution >= 0.6 is 11.8 Å². The van der Waals surface area contributed by atoms with Crippen molar-refractivity contribution in [3.63, 3.8) is 0 Å². The Morgan fingerprint density at radius 1 is 1.03 bits per heavy atom. The third-order valence-corrected chi connectivity index (χ3v) is 5.25. The molecule has 30 heavy (non-hydrogen) atoms. The van der Waals surface area contributed by atoms with Gasteiger partial charge in [0, 0.05) is 42.5 Å². The number of amides is 1. The molecule has 0 saturated heterocycles. The lowest BCUT2D eigenvalue weighted by Gasteiger charge is -2.11. The molecule has 0 aliphatic carbocycles. The zero-order valence-corrected chi connectivity index (χ0v) is 18.4. The lowest BCUT2D eigenvalue weighted by Crippen LogP contribution is -2.17. The highest BCUT2D eigenvalue weighted by Crippen LogP contribution is 2.20. The number of nitrogens with zero attached hydrogens (tertiary/aromatic N) is 4. The van der Waals surface area contributed by atoms with Crippen molar-refractivity contribution in [1.29, 1.82) is 0 Å². The van der Waals surface area contributed by atoms with E-state index in [4.69, 9.17) is 0 Å². The zero-order valence-electron chi connectivity index (χ0n) is 17.6.